The smallest absolute Gasteiger partial charge is 0.268 e. The van der Waals surface area contributed by atoms with Crippen LogP contribution < -0.4 is 5.32 Å². The number of amides is 1. The van der Waals surface area contributed by atoms with Crippen LogP contribution in [-0.2, 0) is 16.3 Å². The number of nitrogens with one attached hydrogen (secondary N) is 1. The molecule has 0 bridgehead atoms. The number of halogens is 1. The Hall–Kier alpha value is -3.03. The van der Waals surface area contributed by atoms with E-state index in [1.54, 1.807) is 12.1 Å². The number of anilines is 1. The second-order valence-electron chi connectivity index (χ2n) is 6.84. The lowest BCUT2D eigenvalue weighted by molar-refractivity contribution is -0.112. The molecule has 2 aromatic heterocycles. The molecule has 4 aromatic rings. The van der Waals surface area contributed by atoms with Crippen LogP contribution in [0.1, 0.15) is 16.9 Å². The lowest BCUT2D eigenvalue weighted by Crippen LogP contribution is -2.13. The van der Waals surface area contributed by atoms with Crippen LogP contribution in [0, 0.1) is 11.3 Å². The SMILES string of the molecule is N#C/C(=C/c1ccc(SCc2ccc(Cl)cc2)o1)C(=O)Nc1nnc(SCc2ccccc2)s1. The highest BCUT2D eigenvalue weighted by molar-refractivity contribution is 8.00. The van der Waals surface area contributed by atoms with Crippen LogP contribution in [0.25, 0.3) is 6.08 Å². The second-order valence-corrected chi connectivity index (χ2v) is 10.5. The van der Waals surface area contributed by atoms with Crippen LogP contribution in [0.15, 0.2) is 86.2 Å². The van der Waals surface area contributed by atoms with Gasteiger partial charge in [0.25, 0.3) is 5.91 Å². The maximum atomic E-state index is 12.6. The van der Waals surface area contributed by atoms with Gasteiger partial charge in [0.05, 0.1) is 0 Å². The highest BCUT2D eigenvalue weighted by Crippen LogP contribution is 2.29. The average Bonchev–Trinajstić information content (AvgIpc) is 3.50. The molecule has 0 unspecified atom stereocenters. The summed E-state index contributed by atoms with van der Waals surface area (Å²) in [6, 6.07) is 23.1. The summed E-state index contributed by atoms with van der Waals surface area (Å²) in [5.41, 5.74) is 2.20. The van der Waals surface area contributed by atoms with Crippen molar-refractivity contribution in [2.24, 2.45) is 0 Å². The van der Waals surface area contributed by atoms with Gasteiger partial charge < -0.3 is 4.42 Å². The van der Waals surface area contributed by atoms with Crippen molar-refractivity contribution in [2.75, 3.05) is 5.32 Å². The fourth-order valence-corrected chi connectivity index (χ4v) is 5.37. The van der Waals surface area contributed by atoms with Crippen molar-refractivity contribution in [2.45, 2.75) is 20.9 Å². The minimum absolute atomic E-state index is 0.0858. The summed E-state index contributed by atoms with van der Waals surface area (Å²) in [5, 5.41) is 21.9. The summed E-state index contributed by atoms with van der Waals surface area (Å²) in [6.45, 7) is 0. The molecule has 0 aliphatic rings. The second kappa shape index (κ2) is 11.9. The lowest BCUT2D eigenvalue weighted by Gasteiger charge is -2.00. The third-order valence-corrected chi connectivity index (χ3v) is 7.66. The number of nitriles is 1. The van der Waals surface area contributed by atoms with Crippen molar-refractivity contribution in [3.8, 4) is 6.07 Å². The van der Waals surface area contributed by atoms with Gasteiger partial charge in [0, 0.05) is 22.6 Å². The van der Waals surface area contributed by atoms with Gasteiger partial charge in [0.1, 0.15) is 17.4 Å². The van der Waals surface area contributed by atoms with Gasteiger partial charge in [-0.15, -0.1) is 10.2 Å². The van der Waals surface area contributed by atoms with E-state index in [1.165, 1.54) is 46.5 Å². The Morgan fingerprint density at radius 1 is 1.03 bits per heavy atom. The number of benzene rings is 2. The number of hydrogen-bond acceptors (Lipinski definition) is 8. The molecule has 2 heterocycles. The molecule has 0 saturated heterocycles. The van der Waals surface area contributed by atoms with E-state index in [9.17, 15) is 10.1 Å². The number of nitrogens with zero attached hydrogens (tertiary/aromatic N) is 3. The van der Waals surface area contributed by atoms with Crippen molar-refractivity contribution in [1.29, 1.82) is 5.26 Å². The lowest BCUT2D eigenvalue weighted by atomic mass is 10.2. The summed E-state index contributed by atoms with van der Waals surface area (Å²) in [7, 11) is 0. The molecule has 170 valence electrons. The monoisotopic (exact) mass is 524 g/mol. The number of rotatable bonds is 9. The molecular formula is C24H17ClN4O2S3. The molecule has 1 amide bonds. The zero-order chi connectivity index (χ0) is 23.8. The van der Waals surface area contributed by atoms with E-state index in [-0.39, 0.29) is 5.57 Å². The van der Waals surface area contributed by atoms with E-state index < -0.39 is 5.91 Å². The quantitative estimate of drug-likeness (QED) is 0.110. The fraction of sp³-hybridized carbons (Fsp3) is 0.0833. The van der Waals surface area contributed by atoms with E-state index in [4.69, 9.17) is 16.0 Å². The van der Waals surface area contributed by atoms with Gasteiger partial charge in [-0.3, -0.25) is 10.1 Å². The summed E-state index contributed by atoms with van der Waals surface area (Å²) in [6.07, 6.45) is 1.41. The maximum absolute atomic E-state index is 12.6. The number of furan rings is 1. The molecule has 10 heteroatoms. The van der Waals surface area contributed by atoms with Crippen LogP contribution in [-0.4, -0.2) is 16.1 Å². The summed E-state index contributed by atoms with van der Waals surface area (Å²) >= 11 is 10.2. The predicted molar refractivity (Wildman–Crippen MR) is 138 cm³/mol. The maximum Gasteiger partial charge on any atom is 0.268 e. The molecule has 0 radical (unpaired) electrons. The third-order valence-electron chi connectivity index (χ3n) is 4.38. The normalized spacial score (nSPS) is 11.2. The fourth-order valence-electron chi connectivity index (χ4n) is 2.72. The van der Waals surface area contributed by atoms with Crippen LogP contribution in [0.2, 0.25) is 5.02 Å². The van der Waals surface area contributed by atoms with Crippen LogP contribution in [0.5, 0.6) is 0 Å². The highest BCUT2D eigenvalue weighted by Gasteiger charge is 2.14. The van der Waals surface area contributed by atoms with E-state index >= 15 is 0 Å². The van der Waals surface area contributed by atoms with Crippen LogP contribution in [0.3, 0.4) is 0 Å². The summed E-state index contributed by atoms with van der Waals surface area (Å²) in [4.78, 5) is 12.6. The highest BCUT2D eigenvalue weighted by atomic mass is 35.5. The first-order chi connectivity index (χ1) is 16.6. The van der Waals surface area contributed by atoms with Gasteiger partial charge in [-0.2, -0.15) is 5.26 Å². The van der Waals surface area contributed by atoms with Crippen molar-refractivity contribution in [1.82, 2.24) is 10.2 Å². The Labute approximate surface area is 214 Å². The minimum atomic E-state index is -0.565. The molecule has 0 aliphatic heterocycles. The predicted octanol–water partition coefficient (Wildman–Crippen LogP) is 6.91. The first-order valence-electron chi connectivity index (χ1n) is 9.99. The largest absolute Gasteiger partial charge is 0.450 e. The van der Waals surface area contributed by atoms with E-state index in [1.807, 2.05) is 60.7 Å². The zero-order valence-electron chi connectivity index (χ0n) is 17.6. The van der Waals surface area contributed by atoms with E-state index in [0.717, 1.165) is 15.7 Å². The first-order valence-corrected chi connectivity index (χ1v) is 13.2. The van der Waals surface area contributed by atoms with Gasteiger partial charge in [-0.25, -0.2) is 0 Å². The molecule has 0 fully saturated rings. The first kappa shape index (κ1) is 24.1. The molecule has 4 rings (SSSR count). The van der Waals surface area contributed by atoms with Crippen LogP contribution in [0.4, 0.5) is 5.13 Å². The number of carbonyl (C=O) groups excluding carboxylic acids is 1. The molecule has 2 aromatic carbocycles. The van der Waals surface area contributed by atoms with E-state index in [2.05, 4.69) is 15.5 Å². The van der Waals surface area contributed by atoms with Gasteiger partial charge >= 0.3 is 0 Å². The Balaban J connectivity index is 1.33. The average molecular weight is 525 g/mol. The number of carbonyl (C=O) groups is 1. The Bertz CT molecular complexity index is 1330. The zero-order valence-corrected chi connectivity index (χ0v) is 20.8. The number of hydrogen-bond donors (Lipinski definition) is 1. The van der Waals surface area contributed by atoms with Crippen molar-refractivity contribution < 1.29 is 9.21 Å². The molecule has 1 N–H and O–H groups in total. The molecule has 0 saturated carbocycles. The van der Waals surface area contributed by atoms with Gasteiger partial charge in [-0.1, -0.05) is 88.9 Å². The number of aromatic nitrogens is 2. The van der Waals surface area contributed by atoms with Crippen LogP contribution >= 0.6 is 46.5 Å². The van der Waals surface area contributed by atoms with Gasteiger partial charge in [0.2, 0.25) is 5.13 Å². The summed E-state index contributed by atoms with van der Waals surface area (Å²) in [5.74, 6) is 1.32. The Kier molecular flexibility index (Phi) is 8.44. The van der Waals surface area contributed by atoms with Crippen molar-refractivity contribution in [3.63, 3.8) is 0 Å². The van der Waals surface area contributed by atoms with E-state index in [0.29, 0.717) is 26.8 Å². The third kappa shape index (κ3) is 6.98. The topological polar surface area (TPSA) is 91.8 Å². The molecule has 0 spiro atoms. The Morgan fingerprint density at radius 3 is 2.53 bits per heavy atom. The standard InChI is InChI=1S/C24H17ClN4O2S3/c25-19-8-6-17(7-9-19)14-32-21-11-10-20(31-21)12-18(13-26)22(30)27-23-28-29-24(34-23)33-15-16-4-2-1-3-5-16/h1-12H,14-15H2,(H,27,28,30)/b18-12-. The molecule has 34 heavy (non-hydrogen) atoms. The molecule has 0 atom stereocenters. The molecule has 6 nitrogen and oxygen atoms in total. The Morgan fingerprint density at radius 2 is 1.76 bits per heavy atom. The molecular weight excluding hydrogens is 508 g/mol. The van der Waals surface area contributed by atoms with Gasteiger partial charge in [-0.05, 0) is 35.4 Å². The van der Waals surface area contributed by atoms with Crippen molar-refractivity contribution >= 4 is 63.6 Å². The number of thioether (sulfide) groups is 2. The molecule has 0 aliphatic carbocycles. The summed E-state index contributed by atoms with van der Waals surface area (Å²) < 4.78 is 6.47. The van der Waals surface area contributed by atoms with Crippen molar-refractivity contribution in [3.05, 3.63) is 94.2 Å². The minimum Gasteiger partial charge on any atom is -0.450 e. The van der Waals surface area contributed by atoms with Gasteiger partial charge in [0.15, 0.2) is 9.43 Å².